The van der Waals surface area contributed by atoms with Crippen molar-refractivity contribution < 1.29 is 24.5 Å². The van der Waals surface area contributed by atoms with Gasteiger partial charge in [0.25, 0.3) is 0 Å². The second-order valence-electron chi connectivity index (χ2n) is 2.39. The minimum atomic E-state index is -1.21. The molecule has 13 heavy (non-hydrogen) atoms. The quantitative estimate of drug-likeness (QED) is 0.394. The number of rotatable bonds is 5. The molecule has 0 aromatic carbocycles. The summed E-state index contributed by atoms with van der Waals surface area (Å²) in [6, 6.07) is 0. The molecule has 74 valence electrons. The van der Waals surface area contributed by atoms with E-state index in [9.17, 15) is 9.59 Å². The van der Waals surface area contributed by atoms with Crippen molar-refractivity contribution in [3.8, 4) is 0 Å². The van der Waals surface area contributed by atoms with E-state index in [1.807, 2.05) is 6.92 Å². The molecule has 1 N–H and O–H groups in total. The summed E-state index contributed by atoms with van der Waals surface area (Å²) >= 11 is 0. The number of carbonyl (C=O) groups is 2. The fraction of sp³-hybridized carbons (Fsp3) is 0.500. The Bertz CT molecular complexity index is 209. The summed E-state index contributed by atoms with van der Waals surface area (Å²) in [6.45, 7) is 3.60. The molecule has 0 aliphatic carbocycles. The van der Waals surface area contributed by atoms with Crippen LogP contribution in [0.5, 0.6) is 0 Å². The average molecular weight is 188 g/mol. The molecule has 0 saturated carbocycles. The molecule has 0 fully saturated rings. The fourth-order valence-electron chi connectivity index (χ4n) is 0.365. The highest BCUT2D eigenvalue weighted by molar-refractivity contribution is 5.90. The molecule has 0 amide bonds. The van der Waals surface area contributed by atoms with E-state index < -0.39 is 11.9 Å². The molecule has 0 aliphatic rings. The van der Waals surface area contributed by atoms with Gasteiger partial charge in [-0.1, -0.05) is 6.92 Å². The first-order valence-electron chi connectivity index (χ1n) is 3.84. The maximum absolute atomic E-state index is 10.7. The van der Waals surface area contributed by atoms with Crippen LogP contribution in [0.2, 0.25) is 0 Å². The molecule has 0 bridgehead atoms. The summed E-state index contributed by atoms with van der Waals surface area (Å²) in [4.78, 5) is 29.5. The van der Waals surface area contributed by atoms with Crippen LogP contribution in [-0.4, -0.2) is 23.1 Å². The molecule has 1 atom stereocenters. The molecule has 0 spiro atoms. The summed E-state index contributed by atoms with van der Waals surface area (Å²) in [5.74, 6) is -2.04. The maximum Gasteiger partial charge on any atom is 0.366 e. The van der Waals surface area contributed by atoms with E-state index in [4.69, 9.17) is 5.11 Å². The number of carboxylic acids is 1. The van der Waals surface area contributed by atoms with Crippen LogP contribution in [0.4, 0.5) is 0 Å². The van der Waals surface area contributed by atoms with Crippen molar-refractivity contribution in [2.45, 2.75) is 26.4 Å². The van der Waals surface area contributed by atoms with E-state index in [1.165, 1.54) is 0 Å². The van der Waals surface area contributed by atoms with Crippen LogP contribution in [0.1, 0.15) is 20.3 Å². The van der Waals surface area contributed by atoms with E-state index in [0.717, 1.165) is 6.08 Å². The Labute approximate surface area is 75.9 Å². The molecule has 0 aromatic heterocycles. The molecule has 5 heteroatoms. The van der Waals surface area contributed by atoms with Crippen molar-refractivity contribution in [3.63, 3.8) is 0 Å². The summed E-state index contributed by atoms with van der Waals surface area (Å²) < 4.78 is 0. The minimum Gasteiger partial charge on any atom is -0.478 e. The normalized spacial score (nSPS) is 12.8. The van der Waals surface area contributed by atoms with Crippen LogP contribution in [0.25, 0.3) is 0 Å². The largest absolute Gasteiger partial charge is 0.478 e. The predicted octanol–water partition coefficient (Wildman–Crippen LogP) is 0.900. The van der Waals surface area contributed by atoms with Crippen molar-refractivity contribution in [2.75, 3.05) is 0 Å². The van der Waals surface area contributed by atoms with Gasteiger partial charge in [0.05, 0.1) is 0 Å². The highest BCUT2D eigenvalue weighted by Gasteiger charge is 2.03. The summed E-state index contributed by atoms with van der Waals surface area (Å²) in [7, 11) is 0. The molecule has 0 aliphatic heterocycles. The van der Waals surface area contributed by atoms with Crippen molar-refractivity contribution in [2.24, 2.45) is 0 Å². The summed E-state index contributed by atoms with van der Waals surface area (Å²) in [5, 5.41) is 8.15. The van der Waals surface area contributed by atoms with Gasteiger partial charge in [0.2, 0.25) is 0 Å². The molecule has 1 unspecified atom stereocenters. The monoisotopic (exact) mass is 188 g/mol. The fourth-order valence-corrected chi connectivity index (χ4v) is 0.365. The van der Waals surface area contributed by atoms with Gasteiger partial charge in [0.15, 0.2) is 0 Å². The Morgan fingerprint density at radius 3 is 2.54 bits per heavy atom. The molecule has 0 aromatic rings. The zero-order valence-electron chi connectivity index (χ0n) is 7.52. The number of hydrogen-bond donors (Lipinski definition) is 1. The van der Waals surface area contributed by atoms with Crippen molar-refractivity contribution >= 4 is 11.9 Å². The highest BCUT2D eigenvalue weighted by atomic mass is 17.2. The topological polar surface area (TPSA) is 72.8 Å². The maximum atomic E-state index is 10.7. The molecule has 0 heterocycles. The van der Waals surface area contributed by atoms with Gasteiger partial charge < -0.3 is 5.11 Å². The lowest BCUT2D eigenvalue weighted by atomic mass is 10.3. The van der Waals surface area contributed by atoms with Gasteiger partial charge in [-0.2, -0.15) is 4.89 Å². The van der Waals surface area contributed by atoms with Crippen LogP contribution in [0.15, 0.2) is 12.2 Å². The van der Waals surface area contributed by atoms with Crippen LogP contribution < -0.4 is 0 Å². The summed E-state index contributed by atoms with van der Waals surface area (Å²) in [6.07, 6.45) is 1.98. The molecule has 0 rings (SSSR count). The third-order valence-corrected chi connectivity index (χ3v) is 1.23. The molecule has 0 saturated heterocycles. The van der Waals surface area contributed by atoms with E-state index in [0.29, 0.717) is 12.5 Å². The zero-order chi connectivity index (χ0) is 10.3. The lowest BCUT2D eigenvalue weighted by molar-refractivity contribution is -0.290. The van der Waals surface area contributed by atoms with E-state index in [2.05, 4.69) is 9.78 Å². The van der Waals surface area contributed by atoms with Crippen LogP contribution in [0.3, 0.4) is 0 Å². The number of aliphatic carboxylic acids is 1. The van der Waals surface area contributed by atoms with E-state index in [-0.39, 0.29) is 6.10 Å². The Kier molecular flexibility index (Phi) is 5.54. The van der Waals surface area contributed by atoms with Gasteiger partial charge in [0, 0.05) is 12.2 Å². The second kappa shape index (κ2) is 6.19. The third kappa shape index (κ3) is 7.02. The number of hydrogen-bond acceptors (Lipinski definition) is 4. The number of carbonyl (C=O) groups excluding carboxylic acids is 1. The van der Waals surface area contributed by atoms with Gasteiger partial charge in [-0.15, -0.1) is 0 Å². The first kappa shape index (κ1) is 11.6. The lowest BCUT2D eigenvalue weighted by Gasteiger charge is -2.06. The first-order valence-corrected chi connectivity index (χ1v) is 3.84. The van der Waals surface area contributed by atoms with Crippen molar-refractivity contribution in [3.05, 3.63) is 12.2 Å². The molecular weight excluding hydrogens is 176 g/mol. The van der Waals surface area contributed by atoms with E-state index >= 15 is 0 Å². The molecule has 0 radical (unpaired) electrons. The van der Waals surface area contributed by atoms with Gasteiger partial charge in [-0.3, -0.25) is 4.89 Å². The smallest absolute Gasteiger partial charge is 0.366 e. The Hall–Kier alpha value is -1.36. The first-order chi connectivity index (χ1) is 6.06. The molecular formula is C8H12O5. The van der Waals surface area contributed by atoms with Crippen molar-refractivity contribution in [1.82, 2.24) is 0 Å². The van der Waals surface area contributed by atoms with E-state index in [1.54, 1.807) is 6.92 Å². The Balaban J connectivity index is 3.69. The van der Waals surface area contributed by atoms with Crippen LogP contribution >= 0.6 is 0 Å². The van der Waals surface area contributed by atoms with Gasteiger partial charge in [-0.25, -0.2) is 9.59 Å². The Morgan fingerprint density at radius 2 is 2.08 bits per heavy atom. The van der Waals surface area contributed by atoms with Gasteiger partial charge in [-0.05, 0) is 13.3 Å². The Morgan fingerprint density at radius 1 is 1.46 bits per heavy atom. The molecule has 5 nitrogen and oxygen atoms in total. The van der Waals surface area contributed by atoms with Gasteiger partial charge >= 0.3 is 11.9 Å². The average Bonchev–Trinajstić information content (AvgIpc) is 2.10. The standard InChI is InChI=1S/C8H12O5/c1-3-6(2)12-13-8(11)5-4-7(9)10/h4-6H,3H2,1-2H3,(H,9,10)/b5-4-. The zero-order valence-corrected chi connectivity index (χ0v) is 7.52. The van der Waals surface area contributed by atoms with Gasteiger partial charge in [0.1, 0.15) is 6.10 Å². The van der Waals surface area contributed by atoms with Crippen LogP contribution in [0, 0.1) is 0 Å². The SMILES string of the molecule is CCC(C)OOC(=O)/C=C\C(=O)O. The minimum absolute atomic E-state index is 0.192. The van der Waals surface area contributed by atoms with Crippen LogP contribution in [-0.2, 0) is 19.4 Å². The summed E-state index contributed by atoms with van der Waals surface area (Å²) in [5.41, 5.74) is 0. The third-order valence-electron chi connectivity index (χ3n) is 1.23. The second-order valence-corrected chi connectivity index (χ2v) is 2.39. The van der Waals surface area contributed by atoms with Crippen molar-refractivity contribution in [1.29, 1.82) is 0 Å². The number of carboxylic acid groups (broad SMARTS) is 1. The highest BCUT2D eigenvalue weighted by Crippen LogP contribution is 1.96. The lowest BCUT2D eigenvalue weighted by Crippen LogP contribution is -2.11. The predicted molar refractivity (Wildman–Crippen MR) is 43.7 cm³/mol.